The van der Waals surface area contributed by atoms with E-state index in [-0.39, 0.29) is 11.5 Å². The molecule has 6 nitrogen and oxygen atoms in total. The Labute approximate surface area is 229 Å². The summed E-state index contributed by atoms with van der Waals surface area (Å²) in [4.78, 5) is 31.3. The smallest absolute Gasteiger partial charge is 0.257 e. The van der Waals surface area contributed by atoms with Crippen LogP contribution in [0.15, 0.2) is 59.5 Å². The molecule has 0 unspecified atom stereocenters. The average Bonchev–Trinajstić information content (AvgIpc) is 3.30. The molecule has 2 heterocycles. The van der Waals surface area contributed by atoms with Crippen LogP contribution >= 0.6 is 11.6 Å². The summed E-state index contributed by atoms with van der Waals surface area (Å²) in [5.74, 6) is -0.108. The van der Waals surface area contributed by atoms with Crippen molar-refractivity contribution < 1.29 is 9.53 Å². The van der Waals surface area contributed by atoms with Gasteiger partial charge in [0.2, 0.25) is 0 Å². The molecule has 1 amide bonds. The van der Waals surface area contributed by atoms with Crippen LogP contribution in [-0.4, -0.2) is 35.6 Å². The van der Waals surface area contributed by atoms with E-state index in [9.17, 15) is 9.59 Å². The van der Waals surface area contributed by atoms with Crippen LogP contribution < -0.4 is 10.9 Å². The maximum atomic E-state index is 12.6. The first-order valence-electron chi connectivity index (χ1n) is 13.4. The minimum absolute atomic E-state index is 0.108. The highest BCUT2D eigenvalue weighted by molar-refractivity contribution is 6.31. The van der Waals surface area contributed by atoms with Gasteiger partial charge < -0.3 is 20.0 Å². The van der Waals surface area contributed by atoms with E-state index in [1.165, 1.54) is 0 Å². The second-order valence-electron chi connectivity index (χ2n) is 9.23. The highest BCUT2D eigenvalue weighted by atomic mass is 35.5. The monoisotopic (exact) mass is 535 g/mol. The van der Waals surface area contributed by atoms with Crippen LogP contribution in [0, 0.1) is 6.92 Å². The summed E-state index contributed by atoms with van der Waals surface area (Å²) >= 11 is 6.42. The third-order valence-corrected chi connectivity index (χ3v) is 6.53. The Hall–Kier alpha value is -3.35. The van der Waals surface area contributed by atoms with Crippen molar-refractivity contribution in [2.75, 3.05) is 19.8 Å². The molecule has 0 aliphatic carbocycles. The number of aromatic amines is 2. The zero-order chi connectivity index (χ0) is 27.5. The third kappa shape index (κ3) is 7.36. The number of nitrogens with one attached hydrogen (secondary N) is 3. The van der Waals surface area contributed by atoms with Crippen LogP contribution in [0.5, 0.6) is 0 Å². The van der Waals surface area contributed by atoms with Crippen molar-refractivity contribution in [3.63, 3.8) is 0 Å². The van der Waals surface area contributed by atoms with Crippen molar-refractivity contribution in [3.05, 3.63) is 81.2 Å². The van der Waals surface area contributed by atoms with Gasteiger partial charge >= 0.3 is 0 Å². The molecular weight excluding hydrogens is 498 g/mol. The summed E-state index contributed by atoms with van der Waals surface area (Å²) in [7, 11) is 0. The lowest BCUT2D eigenvalue weighted by Gasteiger charge is -2.08. The largest absolute Gasteiger partial charge is 0.381 e. The fraction of sp³-hybridized carbons (Fsp3) is 0.355. The second kappa shape index (κ2) is 14.6. The van der Waals surface area contributed by atoms with E-state index in [1.807, 2.05) is 37.3 Å². The maximum Gasteiger partial charge on any atom is 0.257 e. The predicted molar refractivity (Wildman–Crippen MR) is 158 cm³/mol. The molecule has 4 aromatic rings. The summed E-state index contributed by atoms with van der Waals surface area (Å²) in [6, 6.07) is 15.0. The van der Waals surface area contributed by atoms with E-state index < -0.39 is 0 Å². The van der Waals surface area contributed by atoms with Gasteiger partial charge in [-0.1, -0.05) is 50.9 Å². The topological polar surface area (TPSA) is 87.0 Å². The van der Waals surface area contributed by atoms with E-state index in [1.54, 1.807) is 24.4 Å². The van der Waals surface area contributed by atoms with Crippen molar-refractivity contribution in [1.29, 1.82) is 0 Å². The number of halogens is 1. The van der Waals surface area contributed by atoms with Gasteiger partial charge in [0.05, 0.1) is 11.3 Å². The van der Waals surface area contributed by atoms with Gasteiger partial charge in [-0.2, -0.15) is 0 Å². The number of pyridine rings is 1. The van der Waals surface area contributed by atoms with Crippen molar-refractivity contribution >= 4 is 28.4 Å². The van der Waals surface area contributed by atoms with Crippen LogP contribution in [0.2, 0.25) is 5.02 Å². The molecule has 0 aliphatic rings. The van der Waals surface area contributed by atoms with Crippen molar-refractivity contribution in [3.8, 4) is 22.4 Å². The maximum absolute atomic E-state index is 12.6. The number of hydrogen-bond donors (Lipinski definition) is 3. The third-order valence-electron chi connectivity index (χ3n) is 6.12. The normalized spacial score (nSPS) is 10.8. The number of aryl methyl sites for hydroxylation is 1. The van der Waals surface area contributed by atoms with Crippen LogP contribution in [0.25, 0.3) is 33.3 Å². The van der Waals surface area contributed by atoms with Gasteiger partial charge in [0, 0.05) is 53.0 Å². The fourth-order valence-electron chi connectivity index (χ4n) is 4.07. The number of H-pyrrole nitrogens is 2. The predicted octanol–water partition coefficient (Wildman–Crippen LogP) is 7.50. The molecule has 0 saturated carbocycles. The van der Waals surface area contributed by atoms with E-state index in [4.69, 9.17) is 16.3 Å². The molecule has 2 aromatic heterocycles. The standard InChI is InChI=1S/C25H24ClN3O2.C6H14O/c1-3-4-11-27-24(30)17-9-10-21-19(13-17)22(16-8-7-15(2)20(26)14-16)23(29-21)18-6-5-12-28-25(18)31;1-3-5-7-6-4-2/h5-10,12-14,29H,3-4,11H2,1-2H3,(H,27,30)(H,28,31);3-6H2,1-2H3. The minimum Gasteiger partial charge on any atom is -0.381 e. The first-order valence-corrected chi connectivity index (χ1v) is 13.7. The number of unbranched alkanes of at least 4 members (excludes halogenated alkanes) is 1. The molecule has 4 rings (SSSR count). The molecule has 0 radical (unpaired) electrons. The van der Waals surface area contributed by atoms with E-state index in [2.05, 4.69) is 36.1 Å². The van der Waals surface area contributed by atoms with E-state index in [0.29, 0.717) is 28.4 Å². The molecule has 3 N–H and O–H groups in total. The number of rotatable bonds is 10. The molecule has 0 fully saturated rings. The molecule has 0 bridgehead atoms. The van der Waals surface area contributed by atoms with Crippen molar-refractivity contribution in [1.82, 2.24) is 15.3 Å². The van der Waals surface area contributed by atoms with Gasteiger partial charge in [0.25, 0.3) is 11.5 Å². The summed E-state index contributed by atoms with van der Waals surface area (Å²) in [6.07, 6.45) is 5.84. The number of benzene rings is 2. The molecule has 202 valence electrons. The average molecular weight is 536 g/mol. The van der Waals surface area contributed by atoms with Gasteiger partial charge in [-0.05, 0) is 73.7 Å². The van der Waals surface area contributed by atoms with Crippen LogP contribution in [0.3, 0.4) is 0 Å². The number of hydrogen-bond acceptors (Lipinski definition) is 3. The Morgan fingerprint density at radius 3 is 2.42 bits per heavy atom. The minimum atomic E-state index is -0.189. The van der Waals surface area contributed by atoms with Gasteiger partial charge in [-0.3, -0.25) is 9.59 Å². The summed E-state index contributed by atoms with van der Waals surface area (Å²) in [5, 5.41) is 4.47. The van der Waals surface area contributed by atoms with E-state index in [0.717, 1.165) is 66.5 Å². The Kier molecular flexibility index (Phi) is 11.2. The molecule has 0 aliphatic heterocycles. The number of amides is 1. The molecule has 0 spiro atoms. The van der Waals surface area contributed by atoms with Gasteiger partial charge in [-0.25, -0.2) is 0 Å². The first kappa shape index (κ1) is 29.2. The molecular formula is C31H38ClN3O3. The van der Waals surface area contributed by atoms with Gasteiger partial charge in [0.15, 0.2) is 0 Å². The SMILES string of the molecule is CCCCNC(=O)c1ccc2[nH]c(-c3ccc[nH]c3=O)c(-c3ccc(C)c(Cl)c3)c2c1.CCCOCCC. The fourth-order valence-corrected chi connectivity index (χ4v) is 4.25. The van der Waals surface area contributed by atoms with Crippen LogP contribution in [0.1, 0.15) is 62.4 Å². The number of aromatic nitrogens is 2. The Balaban J connectivity index is 0.000000505. The summed E-state index contributed by atoms with van der Waals surface area (Å²) in [6.45, 7) is 10.8. The lowest BCUT2D eigenvalue weighted by atomic mass is 9.97. The number of ether oxygens (including phenoxy) is 1. The van der Waals surface area contributed by atoms with Crippen molar-refractivity contribution in [2.45, 2.75) is 53.4 Å². The number of carbonyl (C=O) groups is 1. The lowest BCUT2D eigenvalue weighted by molar-refractivity contribution is 0.0953. The highest BCUT2D eigenvalue weighted by Gasteiger charge is 2.19. The van der Waals surface area contributed by atoms with Crippen molar-refractivity contribution in [2.24, 2.45) is 0 Å². The highest BCUT2D eigenvalue weighted by Crippen LogP contribution is 2.39. The molecule has 38 heavy (non-hydrogen) atoms. The Morgan fingerprint density at radius 1 is 1.00 bits per heavy atom. The van der Waals surface area contributed by atoms with Gasteiger partial charge in [0.1, 0.15) is 0 Å². The summed E-state index contributed by atoms with van der Waals surface area (Å²) < 4.78 is 5.13. The Morgan fingerprint density at radius 2 is 1.76 bits per heavy atom. The lowest BCUT2D eigenvalue weighted by Crippen LogP contribution is -2.24. The zero-order valence-electron chi connectivity index (χ0n) is 22.7. The van der Waals surface area contributed by atoms with Crippen LogP contribution in [-0.2, 0) is 4.74 Å². The quantitative estimate of drug-likeness (QED) is 0.184. The summed E-state index contributed by atoms with van der Waals surface area (Å²) in [5.41, 5.74) is 5.15. The molecule has 0 saturated heterocycles. The van der Waals surface area contributed by atoms with Gasteiger partial charge in [-0.15, -0.1) is 0 Å². The number of fused-ring (bicyclic) bond motifs is 1. The second-order valence-corrected chi connectivity index (χ2v) is 9.64. The molecule has 7 heteroatoms. The van der Waals surface area contributed by atoms with E-state index >= 15 is 0 Å². The zero-order valence-corrected chi connectivity index (χ0v) is 23.5. The molecule has 0 atom stereocenters. The number of carbonyl (C=O) groups excluding carboxylic acids is 1. The molecule has 2 aromatic carbocycles. The van der Waals surface area contributed by atoms with Crippen LogP contribution in [0.4, 0.5) is 0 Å². The Bertz CT molecular complexity index is 1400. The first-order chi connectivity index (χ1) is 18.4.